The van der Waals surface area contributed by atoms with Gasteiger partial charge in [-0.05, 0) is 80.9 Å². The van der Waals surface area contributed by atoms with Crippen molar-refractivity contribution >= 4 is 25.3 Å². The molecule has 2 aliphatic rings. The number of aryl methyl sites for hydroxylation is 1. The molecule has 2 saturated heterocycles. The van der Waals surface area contributed by atoms with Crippen molar-refractivity contribution < 1.29 is 31.9 Å². The molecule has 0 spiro atoms. The van der Waals surface area contributed by atoms with E-state index in [1.165, 1.54) is 18.0 Å². The fourth-order valence-electron chi connectivity index (χ4n) is 8.70. The predicted molar refractivity (Wildman–Crippen MR) is 237 cm³/mol. The Hall–Kier alpha value is -4.69. The van der Waals surface area contributed by atoms with Crippen molar-refractivity contribution in [1.29, 1.82) is 0 Å². The minimum atomic E-state index is -4.67. The summed E-state index contributed by atoms with van der Waals surface area (Å²) in [6, 6.07) is 33.4. The van der Waals surface area contributed by atoms with E-state index in [2.05, 4.69) is 84.9 Å². The number of carbonyl (C=O) groups excluding carboxylic acids is 1. The lowest BCUT2D eigenvalue weighted by Crippen LogP contribution is -2.60. The van der Waals surface area contributed by atoms with Crippen molar-refractivity contribution in [1.82, 2.24) is 19.7 Å². The van der Waals surface area contributed by atoms with Crippen molar-refractivity contribution in [2.24, 2.45) is 0 Å². The lowest BCUT2D eigenvalue weighted by Gasteiger charge is -2.46. The highest BCUT2D eigenvalue weighted by atomic mass is 28.3. The Kier molecular flexibility index (Phi) is 14.2. The molecular weight excluding hydrogens is 794 g/mol. The summed E-state index contributed by atoms with van der Waals surface area (Å²) in [5.74, 6) is -0.462. The molecule has 1 amide bonds. The van der Waals surface area contributed by atoms with Crippen LogP contribution in [0.15, 0.2) is 122 Å². The van der Waals surface area contributed by atoms with Crippen LogP contribution in [0.4, 0.5) is 13.2 Å². The van der Waals surface area contributed by atoms with Gasteiger partial charge in [0.15, 0.2) is 0 Å². The minimum absolute atomic E-state index is 0.000311. The number of methoxy groups -OCH3 is 1. The average Bonchev–Trinajstić information content (AvgIpc) is 3.26. The molecule has 0 radical (unpaired) electrons. The number of halogens is 3. The van der Waals surface area contributed by atoms with E-state index in [9.17, 15) is 13.2 Å². The van der Waals surface area contributed by atoms with Crippen LogP contribution in [0.1, 0.15) is 59.5 Å². The van der Waals surface area contributed by atoms with Crippen LogP contribution in [-0.2, 0) is 25.5 Å². The summed E-state index contributed by atoms with van der Waals surface area (Å²) in [6.07, 6.45) is -2.21. The van der Waals surface area contributed by atoms with Gasteiger partial charge in [0.1, 0.15) is 0 Å². The normalized spacial score (nSPS) is 18.7. The predicted octanol–water partition coefficient (Wildman–Crippen LogP) is 7.14. The van der Waals surface area contributed by atoms with E-state index >= 15 is 4.79 Å². The van der Waals surface area contributed by atoms with E-state index < -0.39 is 38.8 Å². The fraction of sp³-hybridized carbons (Fsp3) is 0.388. The molecule has 0 N–H and O–H groups in total. The number of rotatable bonds is 13. The van der Waals surface area contributed by atoms with E-state index in [1.54, 1.807) is 30.2 Å². The molecule has 5 aromatic rings. The molecule has 2 fully saturated rings. The van der Waals surface area contributed by atoms with Crippen molar-refractivity contribution in [3.05, 3.63) is 149 Å². The zero-order valence-electron chi connectivity index (χ0n) is 35.8. The molecule has 322 valence electrons. The second kappa shape index (κ2) is 19.6. The summed E-state index contributed by atoms with van der Waals surface area (Å²) in [6.45, 7) is 14.3. The molecule has 61 heavy (non-hydrogen) atoms. The Morgan fingerprint density at radius 1 is 0.820 bits per heavy atom. The lowest BCUT2D eigenvalue weighted by atomic mass is 9.82. The monoisotopic (exact) mass is 850 g/mol. The largest absolute Gasteiger partial charge is 0.416 e. The lowest BCUT2D eigenvalue weighted by molar-refractivity contribution is -0.137. The van der Waals surface area contributed by atoms with Crippen LogP contribution >= 0.6 is 0 Å². The molecular formula is C49H57F3N4O4Si. The quantitative estimate of drug-likeness (QED) is 0.117. The number of hydrogen-bond acceptors (Lipinski definition) is 7. The molecule has 2 aliphatic heterocycles. The van der Waals surface area contributed by atoms with Gasteiger partial charge in [0.05, 0.1) is 37.0 Å². The molecule has 3 atom stereocenters. The summed E-state index contributed by atoms with van der Waals surface area (Å²) >= 11 is 0. The van der Waals surface area contributed by atoms with Gasteiger partial charge in [-0.3, -0.25) is 19.6 Å². The van der Waals surface area contributed by atoms with Crippen LogP contribution in [0, 0.1) is 6.92 Å². The Balaban J connectivity index is 1.34. The molecule has 0 aliphatic carbocycles. The third-order valence-electron chi connectivity index (χ3n) is 11.8. The number of piperazine rings is 1. The first-order valence-electron chi connectivity index (χ1n) is 21.1. The number of nitrogens with zero attached hydrogens (tertiary/aromatic N) is 4. The second-order valence-electron chi connectivity index (χ2n) is 17.2. The van der Waals surface area contributed by atoms with E-state index in [0.29, 0.717) is 44.0 Å². The number of ether oxygens (including phenoxy) is 2. The standard InChI is InChI=1S/C49H57F3N4O4Si/c1-35-16-17-37(31-44(35)48(2,3)4)46(60-61(42-12-8-6-9-13-42)43-14-10-7-11-15-43)45-33-54(22-23-55-26-27-59-41(32-55)34-58-5)24-25-56(45)47(57)39-28-38(36-18-20-53-21-19-36)29-40(30-39)49(50,51)52/h6-21,28-31,41,45-46,61H,22-27,32-34H2,1-5H3/t41-,45+,46?/m0/s1. The number of carbonyl (C=O) groups is 1. The SMILES string of the molecule is COC[C@@H]1CN(CCN2CCN(C(=O)c3cc(-c4ccncc4)cc(C(F)(F)F)c3)[C@@H](C(O[SiH](c3ccccc3)c3ccccc3)c3ccc(C)c(C(C)(C)C)c3)C2)CCO1. The minimum Gasteiger partial charge on any atom is -0.402 e. The number of benzene rings is 4. The van der Waals surface area contributed by atoms with Crippen molar-refractivity contribution in [2.75, 3.05) is 66.1 Å². The maximum absolute atomic E-state index is 15.2. The van der Waals surface area contributed by atoms with Crippen molar-refractivity contribution in [3.63, 3.8) is 0 Å². The summed E-state index contributed by atoms with van der Waals surface area (Å²) in [4.78, 5) is 25.8. The van der Waals surface area contributed by atoms with Gasteiger partial charge in [-0.1, -0.05) is 99.6 Å². The highest BCUT2D eigenvalue weighted by Gasteiger charge is 2.41. The molecule has 4 aromatic carbocycles. The van der Waals surface area contributed by atoms with Crippen molar-refractivity contribution in [3.8, 4) is 11.1 Å². The highest BCUT2D eigenvalue weighted by molar-refractivity contribution is 6.80. The van der Waals surface area contributed by atoms with Crippen LogP contribution in [0.3, 0.4) is 0 Å². The van der Waals surface area contributed by atoms with Gasteiger partial charge in [0.2, 0.25) is 9.04 Å². The Bertz CT molecular complexity index is 2170. The van der Waals surface area contributed by atoms with E-state index in [0.717, 1.165) is 59.8 Å². The molecule has 8 nitrogen and oxygen atoms in total. The van der Waals surface area contributed by atoms with Gasteiger partial charge in [0, 0.05) is 70.9 Å². The molecule has 0 bridgehead atoms. The average molecular weight is 851 g/mol. The molecule has 7 rings (SSSR count). The van der Waals surface area contributed by atoms with Crippen LogP contribution in [-0.4, -0.2) is 113 Å². The third-order valence-corrected chi connectivity index (χ3v) is 14.4. The Morgan fingerprint density at radius 3 is 2.10 bits per heavy atom. The topological polar surface area (TPSA) is 67.4 Å². The van der Waals surface area contributed by atoms with E-state index in [1.807, 2.05) is 36.4 Å². The molecule has 12 heteroatoms. The maximum atomic E-state index is 15.2. The zero-order chi connectivity index (χ0) is 43.1. The van der Waals surface area contributed by atoms with Gasteiger partial charge in [0.25, 0.3) is 5.91 Å². The Morgan fingerprint density at radius 2 is 1.48 bits per heavy atom. The summed E-state index contributed by atoms with van der Waals surface area (Å²) in [5.41, 5.74) is 3.01. The number of alkyl halides is 3. The molecule has 3 heterocycles. The first-order chi connectivity index (χ1) is 29.3. The molecule has 0 saturated carbocycles. The number of pyridine rings is 1. The number of amides is 1. The number of aromatic nitrogens is 1. The zero-order valence-corrected chi connectivity index (χ0v) is 36.9. The van der Waals surface area contributed by atoms with E-state index in [4.69, 9.17) is 13.9 Å². The fourth-order valence-corrected chi connectivity index (χ4v) is 11.2. The second-order valence-corrected chi connectivity index (χ2v) is 19.6. The summed E-state index contributed by atoms with van der Waals surface area (Å²) in [5, 5.41) is 2.18. The van der Waals surface area contributed by atoms with Crippen LogP contribution < -0.4 is 10.4 Å². The summed E-state index contributed by atoms with van der Waals surface area (Å²) < 4.78 is 62.8. The first-order valence-corrected chi connectivity index (χ1v) is 22.8. The van der Waals surface area contributed by atoms with Gasteiger partial charge in [-0.15, -0.1) is 0 Å². The van der Waals surface area contributed by atoms with Crippen LogP contribution in [0.2, 0.25) is 0 Å². The van der Waals surface area contributed by atoms with Crippen LogP contribution in [0.5, 0.6) is 0 Å². The highest BCUT2D eigenvalue weighted by Crippen LogP contribution is 2.37. The summed E-state index contributed by atoms with van der Waals surface area (Å²) in [7, 11) is -0.767. The smallest absolute Gasteiger partial charge is 0.402 e. The van der Waals surface area contributed by atoms with Crippen LogP contribution in [0.25, 0.3) is 11.1 Å². The third kappa shape index (κ3) is 11.0. The number of hydrogen-bond donors (Lipinski definition) is 0. The van der Waals surface area contributed by atoms with Gasteiger partial charge >= 0.3 is 6.18 Å². The van der Waals surface area contributed by atoms with Gasteiger partial charge < -0.3 is 18.8 Å². The van der Waals surface area contributed by atoms with E-state index in [-0.39, 0.29) is 17.1 Å². The molecule has 1 unspecified atom stereocenters. The van der Waals surface area contributed by atoms with Gasteiger partial charge in [-0.25, -0.2) is 0 Å². The first kappa shape index (κ1) is 44.4. The Labute approximate surface area is 360 Å². The van der Waals surface area contributed by atoms with Gasteiger partial charge in [-0.2, -0.15) is 13.2 Å². The number of morpholine rings is 1. The van der Waals surface area contributed by atoms with Crippen molar-refractivity contribution in [2.45, 2.75) is 57.5 Å². The maximum Gasteiger partial charge on any atom is 0.416 e. The molecule has 1 aromatic heterocycles.